The zero-order chi connectivity index (χ0) is 12.5. The number of nitrogens with zero attached hydrogens (tertiary/aromatic N) is 1. The molecule has 0 aromatic carbocycles. The van der Waals surface area contributed by atoms with Crippen LogP contribution in [-0.2, 0) is 4.79 Å². The highest BCUT2D eigenvalue weighted by molar-refractivity contribution is 5.77. The first kappa shape index (κ1) is 12.2. The van der Waals surface area contributed by atoms with Crippen LogP contribution in [0.2, 0.25) is 0 Å². The second kappa shape index (κ2) is 5.04. The van der Waals surface area contributed by atoms with E-state index in [2.05, 4.69) is 29.3 Å². The fraction of sp³-hybridized carbons (Fsp3) is 0.800. The largest absolute Gasteiger partial charge is 0.339 e. The quantitative estimate of drug-likeness (QED) is 0.772. The van der Waals surface area contributed by atoms with Crippen molar-refractivity contribution in [2.24, 2.45) is 17.8 Å². The van der Waals surface area contributed by atoms with Gasteiger partial charge in [-0.3, -0.25) is 4.79 Å². The normalized spacial score (nSPS) is 38.4. The Morgan fingerprint density at radius 1 is 1.44 bits per heavy atom. The monoisotopic (exact) mass is 248 g/mol. The first-order valence-corrected chi connectivity index (χ1v) is 7.46. The van der Waals surface area contributed by atoms with Crippen molar-refractivity contribution in [2.45, 2.75) is 38.6 Å². The lowest BCUT2D eigenvalue weighted by molar-refractivity contribution is -0.133. The van der Waals surface area contributed by atoms with Crippen molar-refractivity contribution >= 4 is 5.91 Å². The molecular weight excluding hydrogens is 224 g/mol. The molecule has 2 fully saturated rings. The third kappa shape index (κ3) is 2.09. The van der Waals surface area contributed by atoms with Gasteiger partial charge in [0.05, 0.1) is 0 Å². The molecule has 4 unspecified atom stereocenters. The van der Waals surface area contributed by atoms with Crippen LogP contribution in [0.25, 0.3) is 0 Å². The Hall–Kier alpha value is -0.830. The van der Waals surface area contributed by atoms with Gasteiger partial charge in [-0.05, 0) is 37.0 Å². The number of carbonyl (C=O) groups excluding carboxylic acids is 1. The lowest BCUT2D eigenvalue weighted by Crippen LogP contribution is -2.40. The van der Waals surface area contributed by atoms with Crippen LogP contribution in [-0.4, -0.2) is 36.5 Å². The van der Waals surface area contributed by atoms with Crippen LogP contribution in [0.3, 0.4) is 0 Å². The summed E-state index contributed by atoms with van der Waals surface area (Å²) in [6.45, 7) is 5.43. The summed E-state index contributed by atoms with van der Waals surface area (Å²) in [4.78, 5) is 14.7. The molecule has 4 atom stereocenters. The van der Waals surface area contributed by atoms with Crippen LogP contribution in [0, 0.1) is 17.8 Å². The fourth-order valence-corrected chi connectivity index (χ4v) is 4.04. The first-order valence-electron chi connectivity index (χ1n) is 7.46. The van der Waals surface area contributed by atoms with Crippen molar-refractivity contribution in [3.8, 4) is 0 Å². The van der Waals surface area contributed by atoms with Gasteiger partial charge in [0.25, 0.3) is 0 Å². The summed E-state index contributed by atoms with van der Waals surface area (Å²) in [5.41, 5.74) is 0. The second-order valence-electron chi connectivity index (χ2n) is 6.07. The molecule has 1 amide bonds. The van der Waals surface area contributed by atoms with E-state index in [0.717, 1.165) is 38.9 Å². The second-order valence-corrected chi connectivity index (χ2v) is 6.07. The first-order chi connectivity index (χ1) is 8.79. The van der Waals surface area contributed by atoms with Gasteiger partial charge < -0.3 is 10.2 Å². The Morgan fingerprint density at radius 3 is 3.06 bits per heavy atom. The minimum absolute atomic E-state index is 0.396. The zero-order valence-corrected chi connectivity index (χ0v) is 11.3. The van der Waals surface area contributed by atoms with Crippen molar-refractivity contribution in [2.75, 3.05) is 19.6 Å². The molecule has 0 aromatic rings. The van der Waals surface area contributed by atoms with E-state index in [0.29, 0.717) is 29.7 Å². The number of rotatable bonds is 3. The van der Waals surface area contributed by atoms with Gasteiger partial charge in [0.2, 0.25) is 5.91 Å². The number of fused-ring (bicyclic) bond motifs is 1. The number of hydrogen-bond donors (Lipinski definition) is 1. The van der Waals surface area contributed by atoms with E-state index in [4.69, 9.17) is 0 Å². The van der Waals surface area contributed by atoms with Crippen LogP contribution in [0.5, 0.6) is 0 Å². The Morgan fingerprint density at radius 2 is 2.33 bits per heavy atom. The van der Waals surface area contributed by atoms with Crippen LogP contribution in [0.1, 0.15) is 32.6 Å². The molecule has 3 heteroatoms. The highest BCUT2D eigenvalue weighted by Crippen LogP contribution is 2.35. The average molecular weight is 248 g/mol. The topological polar surface area (TPSA) is 32.3 Å². The molecule has 3 aliphatic rings. The van der Waals surface area contributed by atoms with Gasteiger partial charge in [-0.1, -0.05) is 19.1 Å². The summed E-state index contributed by atoms with van der Waals surface area (Å²) in [5.74, 6) is 2.32. The van der Waals surface area contributed by atoms with E-state index in [9.17, 15) is 4.79 Å². The third-order valence-electron chi connectivity index (χ3n) is 5.01. The van der Waals surface area contributed by atoms with Crippen LogP contribution in [0.15, 0.2) is 12.2 Å². The Labute approximate surface area is 110 Å². The summed E-state index contributed by atoms with van der Waals surface area (Å²) in [6, 6.07) is 0.489. The van der Waals surface area contributed by atoms with Crippen molar-refractivity contribution in [1.29, 1.82) is 0 Å². The Bertz CT molecular complexity index is 352. The van der Waals surface area contributed by atoms with Crippen molar-refractivity contribution in [3.63, 3.8) is 0 Å². The highest BCUT2D eigenvalue weighted by Gasteiger charge is 2.44. The standard InChI is InChI=1S/C15H24N2O/c1-2-14-13-9-16-8-12(13)10-17(14)15(18)7-11-5-3-4-6-11/h3,5,11-14,16H,2,4,6-10H2,1H3. The number of likely N-dealkylation sites (tertiary alicyclic amines) is 1. The van der Waals surface area contributed by atoms with Gasteiger partial charge in [0, 0.05) is 32.1 Å². The summed E-state index contributed by atoms with van der Waals surface area (Å²) in [6.07, 6.45) is 8.62. The fourth-order valence-electron chi connectivity index (χ4n) is 4.04. The number of amides is 1. The van der Waals surface area contributed by atoms with Crippen LogP contribution >= 0.6 is 0 Å². The number of carbonyl (C=O) groups is 1. The van der Waals surface area contributed by atoms with Crippen molar-refractivity contribution in [3.05, 3.63) is 12.2 Å². The molecule has 3 nitrogen and oxygen atoms in total. The smallest absolute Gasteiger partial charge is 0.223 e. The summed E-state index contributed by atoms with van der Waals surface area (Å²) >= 11 is 0. The predicted octanol–water partition coefficient (Wildman–Crippen LogP) is 1.80. The molecule has 2 aliphatic heterocycles. The lowest BCUT2D eigenvalue weighted by Gasteiger charge is -2.27. The SMILES string of the molecule is CCC1C2CNCC2CN1C(=O)CC1C=CCC1. The maximum absolute atomic E-state index is 12.5. The third-order valence-corrected chi connectivity index (χ3v) is 5.01. The van der Waals surface area contributed by atoms with Gasteiger partial charge in [0.1, 0.15) is 0 Å². The molecule has 0 radical (unpaired) electrons. The van der Waals surface area contributed by atoms with E-state index < -0.39 is 0 Å². The Balaban J connectivity index is 1.64. The van der Waals surface area contributed by atoms with Crippen molar-refractivity contribution < 1.29 is 4.79 Å². The molecule has 3 rings (SSSR count). The molecule has 0 bridgehead atoms. The van der Waals surface area contributed by atoms with E-state index in [1.54, 1.807) is 0 Å². The predicted molar refractivity (Wildman–Crippen MR) is 72.1 cm³/mol. The molecule has 2 heterocycles. The lowest BCUT2D eigenvalue weighted by atomic mass is 9.92. The molecule has 100 valence electrons. The van der Waals surface area contributed by atoms with E-state index >= 15 is 0 Å². The minimum Gasteiger partial charge on any atom is -0.339 e. The number of nitrogens with one attached hydrogen (secondary N) is 1. The van der Waals surface area contributed by atoms with E-state index in [-0.39, 0.29) is 0 Å². The van der Waals surface area contributed by atoms with Gasteiger partial charge in [0.15, 0.2) is 0 Å². The van der Waals surface area contributed by atoms with E-state index in [1.165, 1.54) is 6.42 Å². The van der Waals surface area contributed by atoms with Crippen LogP contribution < -0.4 is 5.32 Å². The zero-order valence-electron chi connectivity index (χ0n) is 11.3. The van der Waals surface area contributed by atoms with E-state index in [1.807, 2.05) is 0 Å². The molecule has 18 heavy (non-hydrogen) atoms. The minimum atomic E-state index is 0.396. The maximum Gasteiger partial charge on any atom is 0.223 e. The molecule has 0 spiro atoms. The summed E-state index contributed by atoms with van der Waals surface area (Å²) in [7, 11) is 0. The Kier molecular flexibility index (Phi) is 3.42. The summed E-state index contributed by atoms with van der Waals surface area (Å²) in [5, 5.41) is 3.47. The van der Waals surface area contributed by atoms with Gasteiger partial charge in [-0.2, -0.15) is 0 Å². The van der Waals surface area contributed by atoms with Crippen LogP contribution in [0.4, 0.5) is 0 Å². The summed E-state index contributed by atoms with van der Waals surface area (Å²) < 4.78 is 0. The molecule has 1 aliphatic carbocycles. The van der Waals surface area contributed by atoms with Crippen molar-refractivity contribution in [1.82, 2.24) is 10.2 Å². The van der Waals surface area contributed by atoms with Gasteiger partial charge in [-0.25, -0.2) is 0 Å². The molecule has 0 aromatic heterocycles. The molecular formula is C15H24N2O. The molecule has 2 saturated heterocycles. The highest BCUT2D eigenvalue weighted by atomic mass is 16.2. The number of allylic oxidation sites excluding steroid dienone is 2. The maximum atomic E-state index is 12.5. The van der Waals surface area contributed by atoms with Gasteiger partial charge in [-0.15, -0.1) is 0 Å². The number of hydrogen-bond acceptors (Lipinski definition) is 2. The molecule has 0 saturated carbocycles. The average Bonchev–Trinajstić information content (AvgIpc) is 3.03. The van der Waals surface area contributed by atoms with Gasteiger partial charge >= 0.3 is 0 Å². The molecule has 1 N–H and O–H groups in total.